The van der Waals surface area contributed by atoms with Crippen molar-refractivity contribution in [2.75, 3.05) is 13.2 Å². The number of sulfonamides is 1. The fourth-order valence-corrected chi connectivity index (χ4v) is 6.42. The summed E-state index contributed by atoms with van der Waals surface area (Å²) < 4.78 is 83.6. The molecule has 228 valence electrons. The molecule has 0 bridgehead atoms. The first kappa shape index (κ1) is 31.4. The smallest absolute Gasteiger partial charge is 0.416 e. The van der Waals surface area contributed by atoms with Gasteiger partial charge in [0.15, 0.2) is 0 Å². The van der Waals surface area contributed by atoms with Gasteiger partial charge < -0.3 is 9.47 Å². The SMILES string of the molecule is CCOC(=O)CC(CCc1cn(CC)nn1)c1ccc(C(F)(F)F)c(CN2C[C@@H](CC)Oc3ccncc3S2(=O)=O)c1. The highest BCUT2D eigenvalue weighted by Crippen LogP contribution is 2.38. The molecule has 1 aromatic carbocycles. The van der Waals surface area contributed by atoms with Crippen LogP contribution in [0.4, 0.5) is 13.2 Å². The zero-order valence-corrected chi connectivity index (χ0v) is 24.5. The molecule has 3 aromatic rings. The van der Waals surface area contributed by atoms with Crippen molar-refractivity contribution in [1.29, 1.82) is 0 Å². The maximum Gasteiger partial charge on any atom is 0.416 e. The van der Waals surface area contributed by atoms with E-state index in [1.54, 1.807) is 17.8 Å². The van der Waals surface area contributed by atoms with Crippen LogP contribution in [0.15, 0.2) is 47.8 Å². The maximum atomic E-state index is 14.2. The van der Waals surface area contributed by atoms with E-state index in [9.17, 15) is 26.4 Å². The third-order valence-corrected chi connectivity index (χ3v) is 8.97. The number of hydrogen-bond donors (Lipinski definition) is 0. The first-order valence-corrected chi connectivity index (χ1v) is 15.3. The predicted octanol–water partition coefficient (Wildman–Crippen LogP) is 4.74. The quantitative estimate of drug-likeness (QED) is 0.286. The third kappa shape index (κ3) is 7.27. The van der Waals surface area contributed by atoms with Gasteiger partial charge in [-0.05, 0) is 62.3 Å². The zero-order valence-electron chi connectivity index (χ0n) is 23.7. The minimum atomic E-state index is -4.74. The number of aryl methyl sites for hydroxylation is 2. The molecule has 0 radical (unpaired) electrons. The lowest BCUT2D eigenvalue weighted by molar-refractivity contribution is -0.143. The van der Waals surface area contributed by atoms with Crippen LogP contribution >= 0.6 is 0 Å². The predicted molar refractivity (Wildman–Crippen MR) is 146 cm³/mol. The topological polar surface area (TPSA) is 117 Å². The summed E-state index contributed by atoms with van der Waals surface area (Å²) >= 11 is 0. The molecule has 10 nitrogen and oxygen atoms in total. The van der Waals surface area contributed by atoms with Crippen molar-refractivity contribution in [3.05, 3.63) is 65.2 Å². The van der Waals surface area contributed by atoms with Crippen LogP contribution in [-0.2, 0) is 45.2 Å². The number of hydrogen-bond acceptors (Lipinski definition) is 8. The molecule has 0 saturated carbocycles. The number of benzene rings is 1. The highest BCUT2D eigenvalue weighted by molar-refractivity contribution is 7.89. The number of ether oxygens (including phenoxy) is 2. The molecule has 0 amide bonds. The number of rotatable bonds is 11. The van der Waals surface area contributed by atoms with Crippen molar-refractivity contribution >= 4 is 16.0 Å². The standard InChI is InChI=1S/C28H34F3N5O5S/c1-4-23-18-36(42(38,39)26-15-32-12-11-25(26)41-23)16-21-13-19(8-10-24(21)28(29,30)31)20(14-27(37)40-6-3)7-9-22-17-35(5-2)34-33-22/h8,10-13,15,17,20,23H,4-7,9,14,16,18H2,1-3H3/t20?,23-/m1/s1. The molecule has 2 aromatic heterocycles. The van der Waals surface area contributed by atoms with Crippen molar-refractivity contribution in [3.8, 4) is 5.75 Å². The Morgan fingerprint density at radius 1 is 1.21 bits per heavy atom. The average Bonchev–Trinajstić information content (AvgIpc) is 3.38. The number of aromatic nitrogens is 4. The van der Waals surface area contributed by atoms with E-state index >= 15 is 0 Å². The number of halogens is 3. The first-order chi connectivity index (χ1) is 20.0. The van der Waals surface area contributed by atoms with E-state index in [0.29, 0.717) is 37.1 Å². The minimum absolute atomic E-state index is 0.0621. The van der Waals surface area contributed by atoms with Crippen LogP contribution in [0.5, 0.6) is 5.75 Å². The summed E-state index contributed by atoms with van der Waals surface area (Å²) in [5.41, 5.74) is -0.0266. The monoisotopic (exact) mass is 609 g/mol. The normalized spacial score (nSPS) is 17.6. The fraction of sp³-hybridized carbons (Fsp3) is 0.500. The number of carbonyl (C=O) groups excluding carboxylic acids is 1. The van der Waals surface area contributed by atoms with E-state index in [1.807, 2.05) is 13.8 Å². The Labute approximate surface area is 242 Å². The second kappa shape index (κ2) is 13.2. The van der Waals surface area contributed by atoms with Crippen LogP contribution in [0.1, 0.15) is 68.3 Å². The Morgan fingerprint density at radius 2 is 2.00 bits per heavy atom. The highest BCUT2D eigenvalue weighted by atomic mass is 32.2. The number of fused-ring (bicyclic) bond motifs is 1. The number of carbonyl (C=O) groups is 1. The van der Waals surface area contributed by atoms with Crippen molar-refractivity contribution in [2.45, 2.75) is 82.6 Å². The molecule has 4 rings (SSSR count). The van der Waals surface area contributed by atoms with E-state index in [4.69, 9.17) is 9.47 Å². The van der Waals surface area contributed by atoms with Gasteiger partial charge in [0.2, 0.25) is 10.0 Å². The van der Waals surface area contributed by atoms with Crippen LogP contribution in [0.2, 0.25) is 0 Å². The van der Waals surface area contributed by atoms with E-state index in [2.05, 4.69) is 15.3 Å². The number of pyridine rings is 1. The maximum absolute atomic E-state index is 14.2. The number of nitrogens with zero attached hydrogens (tertiary/aromatic N) is 5. The van der Waals surface area contributed by atoms with Gasteiger partial charge in [-0.1, -0.05) is 24.3 Å². The lowest BCUT2D eigenvalue weighted by atomic mass is 9.88. The summed E-state index contributed by atoms with van der Waals surface area (Å²) in [6, 6.07) is 5.07. The van der Waals surface area contributed by atoms with Gasteiger partial charge in [0.25, 0.3) is 0 Å². The minimum Gasteiger partial charge on any atom is -0.488 e. The molecular formula is C28H34F3N5O5S. The second-order valence-corrected chi connectivity index (χ2v) is 11.9. The first-order valence-electron chi connectivity index (χ1n) is 13.8. The molecular weight excluding hydrogens is 575 g/mol. The molecule has 0 N–H and O–H groups in total. The Hall–Kier alpha value is -3.52. The molecule has 14 heteroatoms. The van der Waals surface area contributed by atoms with Crippen LogP contribution in [0.3, 0.4) is 0 Å². The van der Waals surface area contributed by atoms with Crippen LogP contribution < -0.4 is 4.74 Å². The van der Waals surface area contributed by atoms with Crippen molar-refractivity contribution in [2.24, 2.45) is 0 Å². The Balaban J connectivity index is 1.72. The van der Waals surface area contributed by atoms with Crippen LogP contribution in [0, 0.1) is 0 Å². The Kier molecular flexibility index (Phi) is 9.87. The van der Waals surface area contributed by atoms with Crippen molar-refractivity contribution in [1.82, 2.24) is 24.3 Å². The summed E-state index contributed by atoms with van der Waals surface area (Å²) in [7, 11) is -4.24. The van der Waals surface area contributed by atoms with Gasteiger partial charge in [-0.3, -0.25) is 14.5 Å². The summed E-state index contributed by atoms with van der Waals surface area (Å²) in [6.07, 6.45) is 0.196. The summed E-state index contributed by atoms with van der Waals surface area (Å²) in [4.78, 5) is 16.2. The zero-order chi connectivity index (χ0) is 30.5. The summed E-state index contributed by atoms with van der Waals surface area (Å²) in [5, 5.41) is 8.14. The molecule has 0 fully saturated rings. The number of esters is 1. The second-order valence-electron chi connectivity index (χ2n) is 9.99. The average molecular weight is 610 g/mol. The molecule has 1 aliphatic rings. The van der Waals surface area contributed by atoms with E-state index in [1.165, 1.54) is 24.4 Å². The fourth-order valence-electron chi connectivity index (χ4n) is 4.90. The lowest BCUT2D eigenvalue weighted by Gasteiger charge is -2.25. The summed E-state index contributed by atoms with van der Waals surface area (Å²) in [6.45, 7) is 5.51. The largest absolute Gasteiger partial charge is 0.488 e. The van der Waals surface area contributed by atoms with Crippen molar-refractivity contribution in [3.63, 3.8) is 0 Å². The molecule has 1 aliphatic heterocycles. The van der Waals surface area contributed by atoms with E-state index in [-0.39, 0.29) is 35.8 Å². The molecule has 0 spiro atoms. The van der Waals surface area contributed by atoms with Gasteiger partial charge in [-0.15, -0.1) is 5.10 Å². The third-order valence-electron chi connectivity index (χ3n) is 7.15. The van der Waals surface area contributed by atoms with Crippen LogP contribution in [-0.4, -0.2) is 57.9 Å². The molecule has 42 heavy (non-hydrogen) atoms. The van der Waals surface area contributed by atoms with E-state index in [0.717, 1.165) is 16.6 Å². The van der Waals surface area contributed by atoms with Gasteiger partial charge in [0.05, 0.1) is 37.0 Å². The van der Waals surface area contributed by atoms with Gasteiger partial charge in [0.1, 0.15) is 16.7 Å². The molecule has 0 saturated heterocycles. The van der Waals surface area contributed by atoms with Gasteiger partial charge in [-0.2, -0.15) is 17.5 Å². The molecule has 2 atom stereocenters. The summed E-state index contributed by atoms with van der Waals surface area (Å²) in [5.74, 6) is -0.879. The van der Waals surface area contributed by atoms with Gasteiger partial charge in [-0.25, -0.2) is 8.42 Å². The van der Waals surface area contributed by atoms with Gasteiger partial charge in [0, 0.05) is 25.5 Å². The molecule has 3 heterocycles. The van der Waals surface area contributed by atoms with Gasteiger partial charge >= 0.3 is 12.1 Å². The Morgan fingerprint density at radius 3 is 2.67 bits per heavy atom. The van der Waals surface area contributed by atoms with E-state index < -0.39 is 46.3 Å². The molecule has 1 unspecified atom stereocenters. The number of alkyl halides is 3. The van der Waals surface area contributed by atoms with Crippen molar-refractivity contribution < 1.29 is 35.9 Å². The molecule has 0 aliphatic carbocycles. The Bertz CT molecular complexity index is 1500. The lowest BCUT2D eigenvalue weighted by Crippen LogP contribution is -2.37. The van der Waals surface area contributed by atoms with Crippen LogP contribution in [0.25, 0.3) is 0 Å². The highest BCUT2D eigenvalue weighted by Gasteiger charge is 2.38.